The molecule has 1 rings (SSSR count). The largest absolute Gasteiger partial charge is 0.862 e. The third-order valence-electron chi connectivity index (χ3n) is 9.99. The monoisotopic (exact) mass is 768 g/mol. The van der Waals surface area contributed by atoms with Crippen LogP contribution in [0.3, 0.4) is 0 Å². The zero-order valence-corrected chi connectivity index (χ0v) is 36.0. The molecule has 0 bridgehead atoms. The van der Waals surface area contributed by atoms with Gasteiger partial charge in [0.1, 0.15) is 19.6 Å². The average Bonchev–Trinajstić information content (AvgIpc) is 3.52. The summed E-state index contributed by atoms with van der Waals surface area (Å²) in [5, 5.41) is 12.4. The van der Waals surface area contributed by atoms with Crippen LogP contribution in [0.2, 0.25) is 0 Å². The lowest BCUT2D eigenvalue weighted by Crippen LogP contribution is -2.30. The first kappa shape index (κ1) is 51.3. The molecule has 0 radical (unpaired) electrons. The number of rotatable bonds is 36. The second-order valence-electron chi connectivity index (χ2n) is 14.8. The first-order chi connectivity index (χ1) is 25.8. The Morgan fingerprint density at radius 3 is 1.55 bits per heavy atom. The van der Waals surface area contributed by atoms with Gasteiger partial charge in [0.2, 0.25) is 5.84 Å². The summed E-state index contributed by atoms with van der Waals surface area (Å²) < 4.78 is 33.2. The van der Waals surface area contributed by atoms with Gasteiger partial charge in [-0.3, -0.25) is 14.0 Å². The SMILES string of the molecule is CCCCCCCCC=CCCCCCCCC1=[N+](CCN=C([O-])CCCCCCC/C=C\CCCCCCCC)CCN1CC.CCOS(=O)(=O)O. The van der Waals surface area contributed by atoms with Crippen molar-refractivity contribution in [2.45, 2.75) is 207 Å². The van der Waals surface area contributed by atoms with Crippen LogP contribution in [0, 0.1) is 0 Å². The highest BCUT2D eigenvalue weighted by atomic mass is 32.3. The molecule has 0 saturated carbocycles. The summed E-state index contributed by atoms with van der Waals surface area (Å²) in [7, 11) is -4.17. The van der Waals surface area contributed by atoms with Gasteiger partial charge in [-0.2, -0.15) is 8.42 Å². The maximum absolute atomic E-state index is 12.4. The molecule has 8 nitrogen and oxygen atoms in total. The van der Waals surface area contributed by atoms with E-state index in [1.54, 1.807) is 0 Å². The Hall–Kier alpha value is -1.71. The summed E-state index contributed by atoms with van der Waals surface area (Å²) in [4.78, 5) is 6.97. The van der Waals surface area contributed by atoms with Crippen LogP contribution in [0.15, 0.2) is 29.3 Å². The van der Waals surface area contributed by atoms with Crippen molar-refractivity contribution < 1.29 is 26.8 Å². The lowest BCUT2D eigenvalue weighted by atomic mass is 10.1. The predicted molar refractivity (Wildman–Crippen MR) is 227 cm³/mol. The van der Waals surface area contributed by atoms with E-state index < -0.39 is 10.4 Å². The first-order valence-corrected chi connectivity index (χ1v) is 23.6. The molecule has 9 heteroatoms. The van der Waals surface area contributed by atoms with E-state index in [2.05, 4.69) is 63.7 Å². The van der Waals surface area contributed by atoms with Gasteiger partial charge in [0, 0.05) is 6.42 Å². The first-order valence-electron chi connectivity index (χ1n) is 22.3. The Morgan fingerprint density at radius 1 is 0.698 bits per heavy atom. The van der Waals surface area contributed by atoms with Gasteiger partial charge in [0.15, 0.2) is 0 Å². The van der Waals surface area contributed by atoms with Crippen molar-refractivity contribution in [3.8, 4) is 0 Å². The minimum absolute atomic E-state index is 0.0289. The van der Waals surface area contributed by atoms with Gasteiger partial charge in [-0.25, -0.2) is 4.18 Å². The van der Waals surface area contributed by atoms with Gasteiger partial charge in [-0.1, -0.05) is 141 Å². The van der Waals surface area contributed by atoms with Gasteiger partial charge in [-0.15, -0.1) is 0 Å². The molecule has 0 spiro atoms. The van der Waals surface area contributed by atoms with Gasteiger partial charge < -0.3 is 10.1 Å². The van der Waals surface area contributed by atoms with Crippen molar-refractivity contribution in [3.63, 3.8) is 0 Å². The van der Waals surface area contributed by atoms with Crippen LogP contribution in [-0.4, -0.2) is 73.5 Å². The lowest BCUT2D eigenvalue weighted by Gasteiger charge is -2.12. The fourth-order valence-corrected chi connectivity index (χ4v) is 7.12. The normalized spacial score (nSPS) is 13.9. The number of allylic oxidation sites excluding steroid dienone is 4. The third-order valence-corrected chi connectivity index (χ3v) is 10.5. The van der Waals surface area contributed by atoms with Crippen LogP contribution in [0.1, 0.15) is 207 Å². The topological polar surface area (TPSA) is 105 Å². The standard InChI is InChI=1S/C42H79N3O.C2H6O4S/c1-4-7-9-11-13-15-17-19-21-23-25-27-29-31-33-35-41(46)43-37-38-45-40-39-44(6-3)42(45)36-34-32-30-28-26-24-22-20-18-16-14-12-10-8-5-2;1-2-6-7(3,4)5/h19-22H,4-18,23-40H2,1-3H3;2H2,1H3,(H,3,4,5)/b21-19-,22-20?;. The molecule has 1 N–H and O–H groups in total. The molecule has 0 saturated heterocycles. The molecule has 0 aromatic carbocycles. The molecule has 0 atom stereocenters. The fourth-order valence-electron chi connectivity index (χ4n) is 6.82. The Kier molecular flexibility index (Phi) is 37.3. The molecule has 0 amide bonds. The molecule has 0 aliphatic carbocycles. The van der Waals surface area contributed by atoms with Crippen molar-refractivity contribution >= 4 is 22.1 Å². The van der Waals surface area contributed by atoms with Crippen LogP contribution >= 0.6 is 0 Å². The van der Waals surface area contributed by atoms with E-state index >= 15 is 0 Å². The molecule has 1 aliphatic rings. The molecule has 0 fully saturated rings. The van der Waals surface area contributed by atoms with Crippen LogP contribution in [0.4, 0.5) is 0 Å². The van der Waals surface area contributed by atoms with Crippen molar-refractivity contribution in [1.29, 1.82) is 0 Å². The van der Waals surface area contributed by atoms with E-state index in [1.807, 2.05) is 0 Å². The van der Waals surface area contributed by atoms with Gasteiger partial charge in [-0.05, 0) is 90.4 Å². The number of unbranched alkanes of at least 4 members (excludes halogenated alkanes) is 22. The third kappa shape index (κ3) is 35.7. The summed E-state index contributed by atoms with van der Waals surface area (Å²) in [6.45, 7) is 13.1. The molecule has 53 heavy (non-hydrogen) atoms. The number of nitrogens with zero attached hydrogens (tertiary/aromatic N) is 3. The second kappa shape index (κ2) is 38.6. The molecule has 0 unspecified atom stereocenters. The summed E-state index contributed by atoms with van der Waals surface area (Å²) in [6.07, 6.45) is 45.7. The summed E-state index contributed by atoms with van der Waals surface area (Å²) in [5.41, 5.74) is 0. The highest BCUT2D eigenvalue weighted by Crippen LogP contribution is 2.14. The maximum atomic E-state index is 12.4. The van der Waals surface area contributed by atoms with Gasteiger partial charge in [0.05, 0.1) is 19.7 Å². The summed E-state index contributed by atoms with van der Waals surface area (Å²) >= 11 is 0. The van der Waals surface area contributed by atoms with Crippen molar-refractivity contribution in [2.75, 3.05) is 39.3 Å². The highest BCUT2D eigenvalue weighted by molar-refractivity contribution is 7.80. The number of likely N-dealkylation sites (N-methyl/N-ethyl adjacent to an activating group) is 1. The molecular weight excluding hydrogens is 683 g/mol. The Bertz CT molecular complexity index is 1040. The summed E-state index contributed by atoms with van der Waals surface area (Å²) in [5.74, 6) is 1.61. The molecule has 312 valence electrons. The molecule has 1 heterocycles. The van der Waals surface area contributed by atoms with E-state index in [-0.39, 0.29) is 12.5 Å². The van der Waals surface area contributed by atoms with Crippen LogP contribution < -0.4 is 5.11 Å². The van der Waals surface area contributed by atoms with E-state index in [1.165, 1.54) is 173 Å². The molecule has 1 aliphatic heterocycles. The molecular formula is C44H85N3O5S. The Balaban J connectivity index is 0.00000348. The highest BCUT2D eigenvalue weighted by Gasteiger charge is 2.27. The Morgan fingerprint density at radius 2 is 1.13 bits per heavy atom. The van der Waals surface area contributed by atoms with E-state index in [0.717, 1.165) is 39.0 Å². The zero-order chi connectivity index (χ0) is 39.1. The maximum Gasteiger partial charge on any atom is 0.397 e. The van der Waals surface area contributed by atoms with E-state index in [0.29, 0.717) is 13.0 Å². The quantitative estimate of drug-likeness (QED) is 0.0170. The minimum atomic E-state index is -4.17. The Labute approximate surface area is 329 Å². The zero-order valence-electron chi connectivity index (χ0n) is 35.2. The average molecular weight is 768 g/mol. The molecule has 0 aromatic heterocycles. The van der Waals surface area contributed by atoms with Crippen LogP contribution in [0.5, 0.6) is 0 Å². The number of amidine groups is 1. The molecule has 0 aromatic rings. The van der Waals surface area contributed by atoms with E-state index in [9.17, 15) is 13.5 Å². The van der Waals surface area contributed by atoms with Crippen molar-refractivity contribution in [3.05, 3.63) is 24.3 Å². The van der Waals surface area contributed by atoms with Gasteiger partial charge >= 0.3 is 10.4 Å². The fraction of sp³-hybridized carbons (Fsp3) is 0.864. The second-order valence-corrected chi connectivity index (χ2v) is 15.9. The summed E-state index contributed by atoms with van der Waals surface area (Å²) in [6, 6.07) is 0. The number of aliphatic imine (C=N–C) groups is 1. The van der Waals surface area contributed by atoms with Crippen molar-refractivity contribution in [2.24, 2.45) is 4.99 Å². The number of hydrogen-bond acceptors (Lipinski definition) is 6. The predicted octanol–water partition coefficient (Wildman–Crippen LogP) is 11.4. The van der Waals surface area contributed by atoms with E-state index in [4.69, 9.17) is 4.55 Å². The van der Waals surface area contributed by atoms with Crippen LogP contribution in [-0.2, 0) is 14.6 Å². The van der Waals surface area contributed by atoms with Crippen molar-refractivity contribution in [1.82, 2.24) is 4.90 Å². The van der Waals surface area contributed by atoms with Gasteiger partial charge in [0.25, 0.3) is 0 Å². The number of hydrogen-bond donors (Lipinski definition) is 1. The van der Waals surface area contributed by atoms with Crippen LogP contribution in [0.25, 0.3) is 0 Å². The smallest absolute Gasteiger partial charge is 0.397 e. The lowest BCUT2D eigenvalue weighted by molar-refractivity contribution is -0.516. The minimum Gasteiger partial charge on any atom is -0.862 e.